The summed E-state index contributed by atoms with van der Waals surface area (Å²) in [5, 5.41) is 0. The van der Waals surface area contributed by atoms with Crippen LogP contribution in [0.3, 0.4) is 0 Å². The maximum absolute atomic E-state index is 13.4. The summed E-state index contributed by atoms with van der Waals surface area (Å²) in [5.41, 5.74) is 12.5. The molecule has 0 fully saturated rings. The molecule has 30 heavy (non-hydrogen) atoms. The summed E-state index contributed by atoms with van der Waals surface area (Å²) in [7, 11) is 0. The summed E-state index contributed by atoms with van der Waals surface area (Å²) in [5.74, 6) is -0.198. The molecule has 1 heteroatoms. The SMILES string of the molecule is C=C1/C(=C/c2cc(CC)cc(CC)c2)CCc2c1cc(C)cc2-c1ccc(F)cc1. The highest BCUT2D eigenvalue weighted by Crippen LogP contribution is 2.40. The molecule has 0 bridgehead atoms. The zero-order valence-corrected chi connectivity index (χ0v) is 18.2. The second kappa shape index (κ2) is 8.44. The predicted molar refractivity (Wildman–Crippen MR) is 127 cm³/mol. The molecule has 4 rings (SSSR count). The molecule has 0 unspecified atom stereocenters. The summed E-state index contributed by atoms with van der Waals surface area (Å²) in [6.45, 7) is 11.0. The van der Waals surface area contributed by atoms with Gasteiger partial charge in [-0.15, -0.1) is 0 Å². The summed E-state index contributed by atoms with van der Waals surface area (Å²) >= 11 is 0. The highest BCUT2D eigenvalue weighted by molar-refractivity contribution is 5.89. The van der Waals surface area contributed by atoms with Crippen molar-refractivity contribution < 1.29 is 4.39 Å². The van der Waals surface area contributed by atoms with Crippen molar-refractivity contribution in [3.05, 3.63) is 106 Å². The fourth-order valence-electron chi connectivity index (χ4n) is 4.47. The smallest absolute Gasteiger partial charge is 0.123 e. The fraction of sp³-hybridized carbons (Fsp3) is 0.241. The third-order valence-corrected chi connectivity index (χ3v) is 6.14. The Hall–Kier alpha value is -2.93. The number of allylic oxidation sites excluding steroid dienone is 2. The van der Waals surface area contributed by atoms with Gasteiger partial charge < -0.3 is 0 Å². The van der Waals surface area contributed by atoms with Crippen LogP contribution in [0.25, 0.3) is 22.8 Å². The minimum absolute atomic E-state index is 0.198. The van der Waals surface area contributed by atoms with Crippen LogP contribution in [0.15, 0.2) is 66.7 Å². The monoisotopic (exact) mass is 396 g/mol. The Morgan fingerprint density at radius 2 is 1.50 bits per heavy atom. The summed E-state index contributed by atoms with van der Waals surface area (Å²) < 4.78 is 13.4. The van der Waals surface area contributed by atoms with E-state index >= 15 is 0 Å². The molecule has 0 N–H and O–H groups in total. The lowest BCUT2D eigenvalue weighted by molar-refractivity contribution is 0.628. The van der Waals surface area contributed by atoms with Gasteiger partial charge in [0.2, 0.25) is 0 Å². The average Bonchev–Trinajstić information content (AvgIpc) is 2.76. The van der Waals surface area contributed by atoms with E-state index in [9.17, 15) is 4.39 Å². The molecule has 1 aliphatic rings. The topological polar surface area (TPSA) is 0 Å². The minimum Gasteiger partial charge on any atom is -0.207 e. The molecule has 0 radical (unpaired) electrons. The zero-order valence-electron chi connectivity index (χ0n) is 18.2. The van der Waals surface area contributed by atoms with Gasteiger partial charge in [0.15, 0.2) is 0 Å². The molecule has 1 aliphatic carbocycles. The maximum Gasteiger partial charge on any atom is 0.123 e. The third kappa shape index (κ3) is 4.03. The zero-order chi connectivity index (χ0) is 21.3. The summed E-state index contributed by atoms with van der Waals surface area (Å²) in [4.78, 5) is 0. The summed E-state index contributed by atoms with van der Waals surface area (Å²) in [6, 6.07) is 18.2. The second-order valence-corrected chi connectivity index (χ2v) is 8.28. The van der Waals surface area contributed by atoms with Gasteiger partial charge in [-0.05, 0) is 100 Å². The van der Waals surface area contributed by atoms with E-state index in [1.165, 1.54) is 44.5 Å². The first kappa shape index (κ1) is 20.3. The van der Waals surface area contributed by atoms with Gasteiger partial charge in [-0.1, -0.05) is 69.0 Å². The molecule has 0 saturated carbocycles. The van der Waals surface area contributed by atoms with Crippen molar-refractivity contribution in [3.63, 3.8) is 0 Å². The van der Waals surface area contributed by atoms with Crippen LogP contribution in [-0.4, -0.2) is 0 Å². The van der Waals surface area contributed by atoms with Crippen LogP contribution in [0.4, 0.5) is 4.39 Å². The molecule has 0 atom stereocenters. The van der Waals surface area contributed by atoms with Crippen LogP contribution in [0.1, 0.15) is 53.6 Å². The van der Waals surface area contributed by atoms with E-state index in [-0.39, 0.29) is 5.82 Å². The maximum atomic E-state index is 13.4. The molecule has 3 aromatic carbocycles. The van der Waals surface area contributed by atoms with Crippen molar-refractivity contribution in [2.45, 2.75) is 46.5 Å². The molecule has 3 aromatic rings. The molecule has 0 heterocycles. The second-order valence-electron chi connectivity index (χ2n) is 8.28. The number of hydrogen-bond acceptors (Lipinski definition) is 0. The highest BCUT2D eigenvalue weighted by Gasteiger charge is 2.21. The molecule has 152 valence electrons. The van der Waals surface area contributed by atoms with E-state index in [2.05, 4.69) is 63.8 Å². The minimum atomic E-state index is -0.198. The molecule has 0 spiro atoms. The van der Waals surface area contributed by atoms with Crippen molar-refractivity contribution in [1.29, 1.82) is 0 Å². The Bertz CT molecular complexity index is 1110. The Morgan fingerprint density at radius 1 is 0.867 bits per heavy atom. The number of rotatable bonds is 4. The van der Waals surface area contributed by atoms with Crippen molar-refractivity contribution >= 4 is 11.6 Å². The standard InChI is InChI=1S/C29H29F/c1-5-21-15-22(6-2)17-23(16-21)18-25-9-12-27-28(20(25)4)13-19(3)14-29(27)24-7-10-26(30)11-8-24/h7-8,10-11,13-18H,4-6,9,12H2,1-3H3/b25-18+. The van der Waals surface area contributed by atoms with Crippen molar-refractivity contribution in [2.75, 3.05) is 0 Å². The Kier molecular flexibility index (Phi) is 5.72. The van der Waals surface area contributed by atoms with Crippen LogP contribution < -0.4 is 0 Å². The number of benzene rings is 3. The van der Waals surface area contributed by atoms with Crippen LogP contribution in [0, 0.1) is 12.7 Å². The van der Waals surface area contributed by atoms with Gasteiger partial charge in [-0.25, -0.2) is 4.39 Å². The first-order chi connectivity index (χ1) is 14.5. The van der Waals surface area contributed by atoms with Gasteiger partial charge in [-0.2, -0.15) is 0 Å². The highest BCUT2D eigenvalue weighted by atomic mass is 19.1. The molecular weight excluding hydrogens is 367 g/mol. The van der Waals surface area contributed by atoms with Gasteiger partial charge in [-0.3, -0.25) is 0 Å². The predicted octanol–water partition coefficient (Wildman–Crippen LogP) is 7.97. The van der Waals surface area contributed by atoms with Gasteiger partial charge in [0.1, 0.15) is 5.82 Å². The Morgan fingerprint density at radius 3 is 2.13 bits per heavy atom. The quantitative estimate of drug-likeness (QED) is 0.419. The van der Waals surface area contributed by atoms with Crippen LogP contribution >= 0.6 is 0 Å². The molecule has 0 aliphatic heterocycles. The van der Waals surface area contributed by atoms with Gasteiger partial charge in [0.05, 0.1) is 0 Å². The number of fused-ring (bicyclic) bond motifs is 1. The van der Waals surface area contributed by atoms with E-state index in [1.807, 2.05) is 12.1 Å². The lowest BCUT2D eigenvalue weighted by atomic mass is 9.79. The van der Waals surface area contributed by atoms with Crippen molar-refractivity contribution in [1.82, 2.24) is 0 Å². The average molecular weight is 397 g/mol. The van der Waals surface area contributed by atoms with Gasteiger partial charge in [0, 0.05) is 0 Å². The Balaban J connectivity index is 1.76. The lowest BCUT2D eigenvalue weighted by Gasteiger charge is -2.25. The van der Waals surface area contributed by atoms with Crippen LogP contribution in [-0.2, 0) is 19.3 Å². The molecule has 0 aromatic heterocycles. The van der Waals surface area contributed by atoms with Crippen LogP contribution in [0.2, 0.25) is 0 Å². The van der Waals surface area contributed by atoms with E-state index in [1.54, 1.807) is 12.1 Å². The van der Waals surface area contributed by atoms with Crippen molar-refractivity contribution in [3.8, 4) is 11.1 Å². The van der Waals surface area contributed by atoms with E-state index in [4.69, 9.17) is 0 Å². The van der Waals surface area contributed by atoms with Gasteiger partial charge >= 0.3 is 0 Å². The largest absolute Gasteiger partial charge is 0.207 e. The third-order valence-electron chi connectivity index (χ3n) is 6.14. The fourth-order valence-corrected chi connectivity index (χ4v) is 4.47. The number of hydrogen-bond donors (Lipinski definition) is 0. The van der Waals surface area contributed by atoms with E-state index in [0.29, 0.717) is 0 Å². The van der Waals surface area contributed by atoms with Gasteiger partial charge in [0.25, 0.3) is 0 Å². The lowest BCUT2D eigenvalue weighted by Crippen LogP contribution is -2.07. The number of aryl methyl sites for hydroxylation is 3. The molecular formula is C29H29F. The molecule has 0 amide bonds. The number of halogens is 1. The van der Waals surface area contributed by atoms with Crippen LogP contribution in [0.5, 0.6) is 0 Å². The Labute approximate surface area is 179 Å². The van der Waals surface area contributed by atoms with Crippen molar-refractivity contribution in [2.24, 2.45) is 0 Å². The van der Waals surface area contributed by atoms with E-state index in [0.717, 1.165) is 36.8 Å². The normalized spacial score (nSPS) is 14.8. The summed E-state index contributed by atoms with van der Waals surface area (Å²) in [6.07, 6.45) is 6.37. The first-order valence-corrected chi connectivity index (χ1v) is 10.9. The first-order valence-electron chi connectivity index (χ1n) is 10.9. The molecule has 0 saturated heterocycles. The van der Waals surface area contributed by atoms with E-state index < -0.39 is 0 Å². The molecule has 0 nitrogen and oxygen atoms in total.